The first-order chi connectivity index (χ1) is 9.06. The molecular formula is C13H22N2O3S. The fourth-order valence-corrected chi connectivity index (χ4v) is 4.12. The molecule has 0 radical (unpaired) electrons. The summed E-state index contributed by atoms with van der Waals surface area (Å²) in [7, 11) is 0. The number of nitrogens with zero attached hydrogens (tertiary/aromatic N) is 1. The Hall–Kier alpha value is -0.750. The molecule has 108 valence electrons. The minimum absolute atomic E-state index is 0.0290. The summed E-state index contributed by atoms with van der Waals surface area (Å²) >= 11 is 1.60. The lowest BCUT2D eigenvalue weighted by molar-refractivity contribution is -0.150. The Morgan fingerprint density at radius 1 is 1.47 bits per heavy atom. The van der Waals surface area contributed by atoms with E-state index in [1.807, 2.05) is 0 Å². The standard InChI is InChI=1S/C13H22N2O3S/c1-2-3-4-9(14)11(16)15-10(13(17)18)7-19-12(15)8-5-6-8/h8-10,12H,2-7,14H2,1H3,(H,17,18). The normalized spacial score (nSPS) is 28.4. The molecule has 1 amide bonds. The molecule has 2 rings (SSSR count). The second-order valence-electron chi connectivity index (χ2n) is 5.41. The molecule has 1 aliphatic heterocycles. The van der Waals surface area contributed by atoms with Gasteiger partial charge in [0, 0.05) is 5.75 Å². The maximum Gasteiger partial charge on any atom is 0.327 e. The molecule has 1 saturated heterocycles. The van der Waals surface area contributed by atoms with Crippen LogP contribution in [0.3, 0.4) is 0 Å². The molecule has 3 unspecified atom stereocenters. The van der Waals surface area contributed by atoms with Crippen LogP contribution in [0.25, 0.3) is 0 Å². The van der Waals surface area contributed by atoms with Gasteiger partial charge in [0.25, 0.3) is 0 Å². The van der Waals surface area contributed by atoms with Gasteiger partial charge in [-0.1, -0.05) is 19.8 Å². The number of aliphatic carboxylic acids is 1. The molecule has 1 saturated carbocycles. The van der Waals surface area contributed by atoms with Crippen molar-refractivity contribution in [3.05, 3.63) is 0 Å². The van der Waals surface area contributed by atoms with Crippen molar-refractivity contribution in [3.63, 3.8) is 0 Å². The lowest BCUT2D eigenvalue weighted by atomic mass is 10.1. The van der Waals surface area contributed by atoms with Gasteiger partial charge in [-0.05, 0) is 25.2 Å². The number of carbonyl (C=O) groups is 2. The molecule has 0 aromatic rings. The Labute approximate surface area is 117 Å². The maximum absolute atomic E-state index is 12.4. The van der Waals surface area contributed by atoms with Crippen molar-refractivity contribution in [2.45, 2.75) is 56.5 Å². The Bertz CT molecular complexity index is 360. The van der Waals surface area contributed by atoms with Gasteiger partial charge >= 0.3 is 5.97 Å². The van der Waals surface area contributed by atoms with Crippen molar-refractivity contribution in [1.29, 1.82) is 0 Å². The van der Waals surface area contributed by atoms with Crippen LogP contribution in [0.4, 0.5) is 0 Å². The van der Waals surface area contributed by atoms with E-state index in [4.69, 9.17) is 5.73 Å². The number of unbranched alkanes of at least 4 members (excludes halogenated alkanes) is 1. The van der Waals surface area contributed by atoms with E-state index in [0.29, 0.717) is 18.1 Å². The first-order valence-electron chi connectivity index (χ1n) is 6.98. The number of carboxylic acids is 1. The summed E-state index contributed by atoms with van der Waals surface area (Å²) in [6.45, 7) is 2.05. The van der Waals surface area contributed by atoms with Crippen molar-refractivity contribution in [1.82, 2.24) is 4.90 Å². The minimum atomic E-state index is -0.910. The summed E-state index contributed by atoms with van der Waals surface area (Å²) in [5.74, 6) is -0.131. The zero-order chi connectivity index (χ0) is 14.0. The minimum Gasteiger partial charge on any atom is -0.480 e. The number of hydrogen-bond donors (Lipinski definition) is 2. The van der Waals surface area contributed by atoms with Crippen LogP contribution in [0, 0.1) is 5.92 Å². The van der Waals surface area contributed by atoms with Crippen LogP contribution in [0.5, 0.6) is 0 Å². The molecule has 2 aliphatic rings. The van der Waals surface area contributed by atoms with Gasteiger partial charge < -0.3 is 15.7 Å². The third-order valence-corrected chi connectivity index (χ3v) is 5.25. The molecule has 2 fully saturated rings. The van der Waals surface area contributed by atoms with Gasteiger partial charge in [-0.2, -0.15) is 0 Å². The predicted octanol–water partition coefficient (Wildman–Crippen LogP) is 1.27. The topological polar surface area (TPSA) is 83.6 Å². The number of thioether (sulfide) groups is 1. The average Bonchev–Trinajstić information content (AvgIpc) is 3.13. The molecule has 0 aromatic carbocycles. The zero-order valence-electron chi connectivity index (χ0n) is 11.2. The van der Waals surface area contributed by atoms with Crippen LogP contribution < -0.4 is 5.73 Å². The lowest BCUT2D eigenvalue weighted by Crippen LogP contribution is -2.52. The van der Waals surface area contributed by atoms with E-state index in [9.17, 15) is 14.7 Å². The summed E-state index contributed by atoms with van der Waals surface area (Å²) in [6.07, 6.45) is 4.72. The highest BCUT2D eigenvalue weighted by Gasteiger charge is 2.48. The van der Waals surface area contributed by atoms with Crippen molar-refractivity contribution in [2.75, 3.05) is 5.75 Å². The summed E-state index contributed by atoms with van der Waals surface area (Å²) in [4.78, 5) is 25.3. The van der Waals surface area contributed by atoms with Crippen LogP contribution in [-0.4, -0.2) is 45.1 Å². The predicted molar refractivity (Wildman–Crippen MR) is 74.7 cm³/mol. The number of carbonyl (C=O) groups excluding carboxylic acids is 1. The summed E-state index contributed by atoms with van der Waals surface area (Å²) in [5.41, 5.74) is 5.93. The number of hydrogen-bond acceptors (Lipinski definition) is 4. The van der Waals surface area contributed by atoms with Crippen LogP contribution in [0.2, 0.25) is 0 Å². The molecule has 1 aliphatic carbocycles. The van der Waals surface area contributed by atoms with Crippen molar-refractivity contribution in [3.8, 4) is 0 Å². The molecule has 0 bridgehead atoms. The molecule has 3 N–H and O–H groups in total. The van der Waals surface area contributed by atoms with Gasteiger partial charge in [-0.25, -0.2) is 4.79 Å². The van der Waals surface area contributed by atoms with Crippen LogP contribution >= 0.6 is 11.8 Å². The fourth-order valence-electron chi connectivity index (χ4n) is 2.48. The van der Waals surface area contributed by atoms with Crippen LogP contribution in [0.15, 0.2) is 0 Å². The molecule has 5 nitrogen and oxygen atoms in total. The second kappa shape index (κ2) is 6.13. The lowest BCUT2D eigenvalue weighted by Gasteiger charge is -2.29. The summed E-state index contributed by atoms with van der Waals surface area (Å²) < 4.78 is 0. The van der Waals surface area contributed by atoms with E-state index >= 15 is 0 Å². The Morgan fingerprint density at radius 2 is 2.16 bits per heavy atom. The molecule has 0 aromatic heterocycles. The number of nitrogens with two attached hydrogens (primary N) is 1. The third kappa shape index (κ3) is 3.23. The maximum atomic E-state index is 12.4. The van der Waals surface area contributed by atoms with E-state index in [0.717, 1.165) is 25.7 Å². The number of amides is 1. The Balaban J connectivity index is 2.06. The van der Waals surface area contributed by atoms with E-state index in [2.05, 4.69) is 6.92 Å². The van der Waals surface area contributed by atoms with Crippen molar-refractivity contribution >= 4 is 23.6 Å². The molecule has 0 spiro atoms. The van der Waals surface area contributed by atoms with Crippen molar-refractivity contribution < 1.29 is 14.7 Å². The first kappa shape index (κ1) is 14.7. The summed E-state index contributed by atoms with van der Waals surface area (Å²) in [5, 5.41) is 9.29. The molecule has 19 heavy (non-hydrogen) atoms. The van der Waals surface area contributed by atoms with E-state index in [1.165, 1.54) is 0 Å². The highest BCUT2D eigenvalue weighted by atomic mass is 32.2. The zero-order valence-corrected chi connectivity index (χ0v) is 12.1. The van der Waals surface area contributed by atoms with Crippen LogP contribution in [-0.2, 0) is 9.59 Å². The first-order valence-corrected chi connectivity index (χ1v) is 8.03. The molecule has 6 heteroatoms. The van der Waals surface area contributed by atoms with Gasteiger partial charge in [0.05, 0.1) is 11.4 Å². The Morgan fingerprint density at radius 3 is 2.68 bits per heavy atom. The number of carboxylic acid groups (broad SMARTS) is 1. The van der Waals surface area contributed by atoms with Gasteiger partial charge in [0.15, 0.2) is 0 Å². The molecule has 3 atom stereocenters. The van der Waals surface area contributed by atoms with Gasteiger partial charge in [0.2, 0.25) is 5.91 Å². The number of rotatable bonds is 6. The second-order valence-corrected chi connectivity index (χ2v) is 6.56. The van der Waals surface area contributed by atoms with E-state index in [1.54, 1.807) is 16.7 Å². The van der Waals surface area contributed by atoms with Gasteiger partial charge in [0.1, 0.15) is 6.04 Å². The third-order valence-electron chi connectivity index (χ3n) is 3.79. The smallest absolute Gasteiger partial charge is 0.327 e. The van der Waals surface area contributed by atoms with Gasteiger partial charge in [-0.3, -0.25) is 4.79 Å². The quantitative estimate of drug-likeness (QED) is 0.768. The van der Waals surface area contributed by atoms with E-state index < -0.39 is 18.1 Å². The van der Waals surface area contributed by atoms with Crippen LogP contribution in [0.1, 0.15) is 39.0 Å². The SMILES string of the molecule is CCCCC(N)C(=O)N1C(C(=O)O)CSC1C1CC1. The molecular weight excluding hydrogens is 264 g/mol. The van der Waals surface area contributed by atoms with E-state index in [-0.39, 0.29) is 11.3 Å². The highest BCUT2D eigenvalue weighted by molar-refractivity contribution is 8.00. The Kier molecular flexibility index (Phi) is 4.73. The monoisotopic (exact) mass is 286 g/mol. The molecule has 1 heterocycles. The fraction of sp³-hybridized carbons (Fsp3) is 0.846. The summed E-state index contributed by atoms with van der Waals surface area (Å²) in [6, 6.07) is -1.25. The highest BCUT2D eigenvalue weighted by Crippen LogP contribution is 2.45. The average molecular weight is 286 g/mol. The van der Waals surface area contributed by atoms with Gasteiger partial charge in [-0.15, -0.1) is 11.8 Å². The van der Waals surface area contributed by atoms with Crippen molar-refractivity contribution in [2.24, 2.45) is 11.7 Å². The largest absolute Gasteiger partial charge is 0.480 e.